The highest BCUT2D eigenvalue weighted by Crippen LogP contribution is 2.18. The van der Waals surface area contributed by atoms with Gasteiger partial charge in [-0.15, -0.1) is 0 Å². The van der Waals surface area contributed by atoms with Gasteiger partial charge in [0.25, 0.3) is 0 Å². The van der Waals surface area contributed by atoms with Crippen molar-refractivity contribution in [2.75, 3.05) is 13.1 Å². The first-order chi connectivity index (χ1) is 9.88. The van der Waals surface area contributed by atoms with Crippen LogP contribution >= 0.6 is 0 Å². The van der Waals surface area contributed by atoms with E-state index in [0.717, 1.165) is 5.56 Å². The zero-order valence-corrected chi connectivity index (χ0v) is 12.9. The molecule has 0 aliphatic carbocycles. The first-order valence-electron chi connectivity index (χ1n) is 7.47. The molecule has 0 unspecified atom stereocenters. The van der Waals surface area contributed by atoms with Gasteiger partial charge in [-0.05, 0) is 38.0 Å². The summed E-state index contributed by atoms with van der Waals surface area (Å²) < 4.78 is 13.7. The molecule has 0 saturated carbocycles. The number of hydrogen-bond acceptors (Lipinski definition) is 4. The van der Waals surface area contributed by atoms with E-state index in [2.05, 4.69) is 10.2 Å². The van der Waals surface area contributed by atoms with Crippen molar-refractivity contribution in [2.24, 2.45) is 0 Å². The minimum Gasteiger partial charge on any atom is -0.392 e. The molecule has 0 spiro atoms. The smallest absolute Gasteiger partial charge is 0.126 e. The van der Waals surface area contributed by atoms with E-state index in [4.69, 9.17) is 0 Å². The zero-order valence-electron chi connectivity index (χ0n) is 12.9. The second-order valence-corrected chi connectivity index (χ2v) is 6.08. The fourth-order valence-electron chi connectivity index (χ4n) is 2.80. The fourth-order valence-corrected chi connectivity index (χ4v) is 2.80. The van der Waals surface area contributed by atoms with Crippen LogP contribution < -0.4 is 5.32 Å². The average molecular weight is 296 g/mol. The molecule has 5 heteroatoms. The summed E-state index contributed by atoms with van der Waals surface area (Å²) >= 11 is 0. The first kappa shape index (κ1) is 16.4. The molecule has 0 aromatic heterocycles. The second kappa shape index (κ2) is 6.83. The summed E-state index contributed by atoms with van der Waals surface area (Å²) in [6.07, 6.45) is -0.944. The van der Waals surface area contributed by atoms with E-state index in [1.807, 2.05) is 6.07 Å². The molecule has 1 aromatic carbocycles. The van der Waals surface area contributed by atoms with Crippen molar-refractivity contribution >= 4 is 0 Å². The lowest BCUT2D eigenvalue weighted by Crippen LogP contribution is -2.62. The van der Waals surface area contributed by atoms with Gasteiger partial charge < -0.3 is 15.5 Å². The third-order valence-corrected chi connectivity index (χ3v) is 4.25. The molecule has 4 atom stereocenters. The molecule has 1 heterocycles. The van der Waals surface area contributed by atoms with Gasteiger partial charge in [-0.3, -0.25) is 4.90 Å². The van der Waals surface area contributed by atoms with E-state index in [0.29, 0.717) is 25.2 Å². The Bertz CT molecular complexity index is 479. The lowest BCUT2D eigenvalue weighted by molar-refractivity contribution is 0.00335. The van der Waals surface area contributed by atoms with Crippen LogP contribution in [0.15, 0.2) is 18.2 Å². The summed E-state index contributed by atoms with van der Waals surface area (Å²) in [7, 11) is 0. The lowest BCUT2D eigenvalue weighted by Gasteiger charge is -2.42. The zero-order chi connectivity index (χ0) is 15.6. The van der Waals surface area contributed by atoms with Crippen LogP contribution in [0.1, 0.15) is 25.0 Å². The molecule has 1 fully saturated rings. The minimum absolute atomic E-state index is 0.0321. The number of rotatable bonds is 4. The Balaban J connectivity index is 2.13. The molecule has 0 radical (unpaired) electrons. The quantitative estimate of drug-likeness (QED) is 0.777. The number of hydrogen-bond donors (Lipinski definition) is 3. The Hall–Kier alpha value is -1.01. The third-order valence-electron chi connectivity index (χ3n) is 4.25. The number of aliphatic hydroxyl groups is 2. The van der Waals surface area contributed by atoms with Crippen molar-refractivity contribution in [2.45, 2.75) is 51.6 Å². The van der Waals surface area contributed by atoms with E-state index in [1.165, 1.54) is 0 Å². The molecular weight excluding hydrogens is 271 g/mol. The van der Waals surface area contributed by atoms with Crippen LogP contribution in [0.2, 0.25) is 0 Å². The van der Waals surface area contributed by atoms with Gasteiger partial charge >= 0.3 is 0 Å². The van der Waals surface area contributed by atoms with E-state index >= 15 is 0 Å². The number of halogens is 1. The van der Waals surface area contributed by atoms with Crippen LogP contribution in [0.4, 0.5) is 4.39 Å². The topological polar surface area (TPSA) is 55.7 Å². The standard InChI is InChI=1S/C16H25FN2O2/c1-10-4-5-13(6-14(10)17)8-19-9-15(11(2)20)18-7-16(19)12(3)21/h4-6,11-12,15-16,18,20-21H,7-9H2,1-3H3/t11-,12-,15+,16+/m0/s1. The molecule has 1 aromatic rings. The number of nitrogens with zero attached hydrogens (tertiary/aromatic N) is 1. The number of benzene rings is 1. The molecular formula is C16H25FN2O2. The Morgan fingerprint density at radius 3 is 2.62 bits per heavy atom. The van der Waals surface area contributed by atoms with Crippen LogP contribution in [-0.4, -0.2) is 52.5 Å². The highest BCUT2D eigenvalue weighted by Gasteiger charge is 2.32. The predicted octanol–water partition coefficient (Wildman–Crippen LogP) is 1.04. The van der Waals surface area contributed by atoms with Gasteiger partial charge in [-0.1, -0.05) is 12.1 Å². The van der Waals surface area contributed by atoms with Crippen LogP contribution in [0, 0.1) is 12.7 Å². The van der Waals surface area contributed by atoms with E-state index in [-0.39, 0.29) is 17.9 Å². The molecule has 2 rings (SSSR count). The largest absolute Gasteiger partial charge is 0.392 e. The van der Waals surface area contributed by atoms with Gasteiger partial charge in [0, 0.05) is 31.7 Å². The summed E-state index contributed by atoms with van der Waals surface area (Å²) in [6, 6.07) is 5.17. The van der Waals surface area contributed by atoms with Crippen molar-refractivity contribution < 1.29 is 14.6 Å². The van der Waals surface area contributed by atoms with E-state index < -0.39 is 12.2 Å². The molecule has 3 N–H and O–H groups in total. The fraction of sp³-hybridized carbons (Fsp3) is 0.625. The normalized spacial score (nSPS) is 26.6. The maximum absolute atomic E-state index is 13.7. The minimum atomic E-state index is -0.484. The number of aliphatic hydroxyl groups excluding tert-OH is 2. The maximum Gasteiger partial charge on any atom is 0.126 e. The predicted molar refractivity (Wildman–Crippen MR) is 80.5 cm³/mol. The maximum atomic E-state index is 13.7. The van der Waals surface area contributed by atoms with Crippen LogP contribution in [0.5, 0.6) is 0 Å². The van der Waals surface area contributed by atoms with Gasteiger partial charge in [0.05, 0.1) is 12.2 Å². The van der Waals surface area contributed by atoms with Crippen molar-refractivity contribution in [3.63, 3.8) is 0 Å². The summed E-state index contributed by atoms with van der Waals surface area (Å²) in [5.74, 6) is -0.205. The molecule has 118 valence electrons. The molecule has 0 amide bonds. The molecule has 0 bridgehead atoms. The Morgan fingerprint density at radius 2 is 2.05 bits per heavy atom. The average Bonchev–Trinajstić information content (AvgIpc) is 2.42. The van der Waals surface area contributed by atoms with Crippen molar-refractivity contribution in [3.05, 3.63) is 35.1 Å². The first-order valence-corrected chi connectivity index (χ1v) is 7.47. The summed E-state index contributed by atoms with van der Waals surface area (Å²) in [5.41, 5.74) is 1.52. The number of piperazine rings is 1. The monoisotopic (exact) mass is 296 g/mol. The van der Waals surface area contributed by atoms with Crippen molar-refractivity contribution in [1.82, 2.24) is 10.2 Å². The van der Waals surface area contributed by atoms with Gasteiger partial charge in [0.1, 0.15) is 5.82 Å². The van der Waals surface area contributed by atoms with Gasteiger partial charge in [0.2, 0.25) is 0 Å². The summed E-state index contributed by atoms with van der Waals surface area (Å²) in [5, 5.41) is 22.9. The Labute approximate surface area is 125 Å². The Kier molecular flexibility index (Phi) is 5.32. The number of aryl methyl sites for hydroxylation is 1. The Morgan fingerprint density at radius 1 is 1.33 bits per heavy atom. The number of nitrogens with one attached hydrogen (secondary N) is 1. The SMILES string of the molecule is Cc1ccc(CN2C[C@H]([C@H](C)O)NC[C@@H]2[C@H](C)O)cc1F. The second-order valence-electron chi connectivity index (χ2n) is 6.08. The van der Waals surface area contributed by atoms with Gasteiger partial charge in [-0.2, -0.15) is 0 Å². The molecule has 21 heavy (non-hydrogen) atoms. The summed E-state index contributed by atoms with van der Waals surface area (Å²) in [6.45, 7) is 7.07. The lowest BCUT2D eigenvalue weighted by atomic mass is 10.0. The van der Waals surface area contributed by atoms with Crippen molar-refractivity contribution in [3.8, 4) is 0 Å². The van der Waals surface area contributed by atoms with Gasteiger partial charge in [-0.25, -0.2) is 4.39 Å². The summed E-state index contributed by atoms with van der Waals surface area (Å²) in [4.78, 5) is 2.11. The van der Waals surface area contributed by atoms with E-state index in [1.54, 1.807) is 32.9 Å². The third kappa shape index (κ3) is 4.01. The molecule has 1 aliphatic rings. The van der Waals surface area contributed by atoms with Crippen LogP contribution in [0.25, 0.3) is 0 Å². The van der Waals surface area contributed by atoms with Crippen molar-refractivity contribution in [1.29, 1.82) is 0 Å². The molecule has 4 nitrogen and oxygen atoms in total. The highest BCUT2D eigenvalue weighted by molar-refractivity contribution is 5.23. The highest BCUT2D eigenvalue weighted by atomic mass is 19.1. The van der Waals surface area contributed by atoms with Crippen LogP contribution in [0.3, 0.4) is 0 Å². The molecule has 1 aliphatic heterocycles. The molecule has 1 saturated heterocycles. The van der Waals surface area contributed by atoms with Crippen LogP contribution in [-0.2, 0) is 6.54 Å². The van der Waals surface area contributed by atoms with E-state index in [9.17, 15) is 14.6 Å². The van der Waals surface area contributed by atoms with Gasteiger partial charge in [0.15, 0.2) is 0 Å².